The Bertz CT molecular complexity index is 868. The second-order valence-corrected chi connectivity index (χ2v) is 6.81. The molecule has 0 aliphatic carbocycles. The summed E-state index contributed by atoms with van der Waals surface area (Å²) in [5, 5.41) is 11.0. The van der Waals surface area contributed by atoms with Crippen LogP contribution in [-0.2, 0) is 10.0 Å². The number of sulfonamides is 1. The highest BCUT2D eigenvalue weighted by Gasteiger charge is 2.27. The van der Waals surface area contributed by atoms with Crippen LogP contribution in [0.1, 0.15) is 0 Å². The van der Waals surface area contributed by atoms with E-state index < -0.39 is 26.7 Å². The van der Waals surface area contributed by atoms with Gasteiger partial charge in [0.2, 0.25) is 10.0 Å². The summed E-state index contributed by atoms with van der Waals surface area (Å²) in [5.41, 5.74) is -0.476. The van der Waals surface area contributed by atoms with Gasteiger partial charge >= 0.3 is 0 Å². The molecule has 2 aromatic rings. The van der Waals surface area contributed by atoms with Crippen molar-refractivity contribution >= 4 is 15.7 Å². The van der Waals surface area contributed by atoms with Gasteiger partial charge in [0.15, 0.2) is 16.4 Å². The van der Waals surface area contributed by atoms with Gasteiger partial charge in [0, 0.05) is 6.07 Å². The van der Waals surface area contributed by atoms with Crippen molar-refractivity contribution in [2.45, 2.75) is 11.0 Å². The van der Waals surface area contributed by atoms with Gasteiger partial charge in [0.1, 0.15) is 12.7 Å². The fourth-order valence-corrected chi connectivity index (χ4v) is 3.52. The first-order valence-electron chi connectivity index (χ1n) is 7.09. The monoisotopic (exact) mass is 350 g/mol. The lowest BCUT2D eigenvalue weighted by atomic mass is 10.2. The number of ether oxygens (including phenoxy) is 2. The Morgan fingerprint density at radius 2 is 1.79 bits per heavy atom. The summed E-state index contributed by atoms with van der Waals surface area (Å²) in [4.78, 5) is 9.87. The number of benzene rings is 2. The molecule has 1 heterocycles. The number of nitrogens with zero attached hydrogens (tertiary/aromatic N) is 1. The molecule has 1 atom stereocenters. The first-order valence-corrected chi connectivity index (χ1v) is 8.57. The highest BCUT2D eigenvalue weighted by atomic mass is 32.2. The smallest absolute Gasteiger partial charge is 0.289 e. The Labute approximate surface area is 138 Å². The average molecular weight is 350 g/mol. The molecule has 0 fully saturated rings. The Morgan fingerprint density at radius 3 is 2.54 bits per heavy atom. The predicted molar refractivity (Wildman–Crippen MR) is 84.6 cm³/mol. The first kappa shape index (κ1) is 16.2. The van der Waals surface area contributed by atoms with E-state index in [2.05, 4.69) is 4.72 Å². The second-order valence-electron chi connectivity index (χ2n) is 5.07. The summed E-state index contributed by atoms with van der Waals surface area (Å²) in [5.74, 6) is 1.12. The maximum absolute atomic E-state index is 12.3. The van der Waals surface area contributed by atoms with Gasteiger partial charge < -0.3 is 9.47 Å². The van der Waals surface area contributed by atoms with Crippen LogP contribution in [0.4, 0.5) is 5.69 Å². The van der Waals surface area contributed by atoms with Gasteiger partial charge in [-0.3, -0.25) is 10.1 Å². The van der Waals surface area contributed by atoms with E-state index in [1.54, 1.807) is 24.3 Å². The van der Waals surface area contributed by atoms with Crippen LogP contribution in [0, 0.1) is 10.1 Å². The van der Waals surface area contributed by atoms with Crippen molar-refractivity contribution in [3.8, 4) is 11.5 Å². The van der Waals surface area contributed by atoms with E-state index in [0.29, 0.717) is 11.5 Å². The van der Waals surface area contributed by atoms with E-state index in [4.69, 9.17) is 9.47 Å². The molecular formula is C15H14N2O6S. The molecular weight excluding hydrogens is 336 g/mol. The predicted octanol–water partition coefficient (Wildman–Crippen LogP) is 1.71. The molecule has 0 radical (unpaired) electrons. The third kappa shape index (κ3) is 3.31. The quantitative estimate of drug-likeness (QED) is 0.650. The van der Waals surface area contributed by atoms with Gasteiger partial charge in [-0.1, -0.05) is 24.3 Å². The topological polar surface area (TPSA) is 108 Å². The minimum atomic E-state index is -4.04. The standard InChI is InChI=1S/C15H14N2O6S/c18-17(19)12-5-1-4-8-15(12)24(20,21)16-9-11-10-22-13-6-2-3-7-14(13)23-11/h1-8,11,16H,9-10H2. The minimum Gasteiger partial charge on any atom is -0.486 e. The molecule has 0 saturated carbocycles. The minimum absolute atomic E-state index is 0.0667. The van der Waals surface area contributed by atoms with Crippen LogP contribution in [0.5, 0.6) is 11.5 Å². The average Bonchev–Trinajstić information content (AvgIpc) is 2.60. The van der Waals surface area contributed by atoms with Crippen LogP contribution in [0.15, 0.2) is 53.4 Å². The van der Waals surface area contributed by atoms with Crippen LogP contribution in [0.2, 0.25) is 0 Å². The third-order valence-corrected chi connectivity index (χ3v) is 4.89. The Hall–Kier alpha value is -2.65. The van der Waals surface area contributed by atoms with Gasteiger partial charge in [-0.15, -0.1) is 0 Å². The van der Waals surface area contributed by atoms with Gasteiger partial charge in [0.05, 0.1) is 11.5 Å². The van der Waals surface area contributed by atoms with E-state index in [1.807, 2.05) is 0 Å². The molecule has 126 valence electrons. The summed E-state index contributed by atoms with van der Waals surface area (Å²) in [6.07, 6.45) is -0.530. The van der Waals surface area contributed by atoms with E-state index in [-0.39, 0.29) is 18.0 Å². The molecule has 0 saturated heterocycles. The fraction of sp³-hybridized carbons (Fsp3) is 0.200. The lowest BCUT2D eigenvalue weighted by Gasteiger charge is -2.26. The molecule has 0 aromatic heterocycles. The van der Waals surface area contributed by atoms with Crippen molar-refractivity contribution in [2.75, 3.05) is 13.2 Å². The number of nitro groups is 1. The van der Waals surface area contributed by atoms with Crippen molar-refractivity contribution in [1.82, 2.24) is 4.72 Å². The highest BCUT2D eigenvalue weighted by molar-refractivity contribution is 7.89. The Morgan fingerprint density at radius 1 is 1.12 bits per heavy atom. The van der Waals surface area contributed by atoms with Gasteiger partial charge in [-0.25, -0.2) is 13.1 Å². The zero-order valence-electron chi connectivity index (χ0n) is 12.4. The van der Waals surface area contributed by atoms with Crippen LogP contribution in [-0.4, -0.2) is 32.6 Å². The largest absolute Gasteiger partial charge is 0.486 e. The fourth-order valence-electron chi connectivity index (χ4n) is 2.28. The van der Waals surface area contributed by atoms with Crippen molar-refractivity contribution in [2.24, 2.45) is 0 Å². The first-order chi connectivity index (χ1) is 11.5. The number of nitro benzene ring substituents is 1. The molecule has 1 N–H and O–H groups in total. The number of para-hydroxylation sites is 3. The van der Waals surface area contributed by atoms with Crippen molar-refractivity contribution < 1.29 is 22.8 Å². The van der Waals surface area contributed by atoms with E-state index in [0.717, 1.165) is 6.07 Å². The molecule has 1 aliphatic heterocycles. The van der Waals surface area contributed by atoms with Crippen LogP contribution >= 0.6 is 0 Å². The van der Waals surface area contributed by atoms with Gasteiger partial charge in [0.25, 0.3) is 5.69 Å². The summed E-state index contributed by atoms with van der Waals surface area (Å²) in [6, 6.07) is 12.2. The Balaban J connectivity index is 1.72. The summed E-state index contributed by atoms with van der Waals surface area (Å²) in [6.45, 7) is 0.110. The van der Waals surface area contributed by atoms with Gasteiger partial charge in [-0.2, -0.15) is 0 Å². The SMILES string of the molecule is O=[N+]([O-])c1ccccc1S(=O)(=O)NCC1COc2ccccc2O1. The number of rotatable bonds is 5. The number of hydrogen-bond donors (Lipinski definition) is 1. The number of hydrogen-bond acceptors (Lipinski definition) is 6. The van der Waals surface area contributed by atoms with E-state index >= 15 is 0 Å². The lowest BCUT2D eigenvalue weighted by Crippen LogP contribution is -2.40. The molecule has 2 aromatic carbocycles. The molecule has 8 nitrogen and oxygen atoms in total. The molecule has 0 spiro atoms. The summed E-state index contributed by atoms with van der Waals surface area (Å²) < 4.78 is 38.2. The second kappa shape index (κ2) is 6.46. The van der Waals surface area contributed by atoms with Crippen molar-refractivity contribution in [1.29, 1.82) is 0 Å². The van der Waals surface area contributed by atoms with Crippen LogP contribution in [0.25, 0.3) is 0 Å². The molecule has 9 heteroatoms. The van der Waals surface area contributed by atoms with E-state index in [9.17, 15) is 18.5 Å². The molecule has 1 unspecified atom stereocenters. The zero-order valence-corrected chi connectivity index (χ0v) is 13.2. The molecule has 1 aliphatic rings. The lowest BCUT2D eigenvalue weighted by molar-refractivity contribution is -0.387. The highest BCUT2D eigenvalue weighted by Crippen LogP contribution is 2.31. The summed E-state index contributed by atoms with van der Waals surface area (Å²) in [7, 11) is -4.04. The maximum atomic E-state index is 12.3. The molecule has 0 amide bonds. The van der Waals surface area contributed by atoms with E-state index in [1.165, 1.54) is 18.2 Å². The molecule has 0 bridgehead atoms. The van der Waals surface area contributed by atoms with Crippen molar-refractivity contribution in [3.63, 3.8) is 0 Å². The molecule has 24 heavy (non-hydrogen) atoms. The Kier molecular flexibility index (Phi) is 4.36. The number of nitrogens with one attached hydrogen (secondary N) is 1. The number of fused-ring (bicyclic) bond motifs is 1. The van der Waals surface area contributed by atoms with Crippen LogP contribution < -0.4 is 14.2 Å². The zero-order chi connectivity index (χ0) is 17.2. The summed E-state index contributed by atoms with van der Waals surface area (Å²) >= 11 is 0. The molecule has 3 rings (SSSR count). The maximum Gasteiger partial charge on any atom is 0.289 e. The normalized spacial score (nSPS) is 16.6. The third-order valence-electron chi connectivity index (χ3n) is 3.42. The van der Waals surface area contributed by atoms with Gasteiger partial charge in [-0.05, 0) is 18.2 Å². The van der Waals surface area contributed by atoms with Crippen LogP contribution in [0.3, 0.4) is 0 Å². The van der Waals surface area contributed by atoms with Crippen molar-refractivity contribution in [3.05, 3.63) is 58.6 Å².